The van der Waals surface area contributed by atoms with Crippen LogP contribution in [0.25, 0.3) is 0 Å². The SMILES string of the molecule is Nc1ncc(I)c(Cl)n1. The number of hydrogen-bond acceptors (Lipinski definition) is 3. The minimum absolute atomic E-state index is 0.209. The Morgan fingerprint density at radius 1 is 1.67 bits per heavy atom. The largest absolute Gasteiger partial charge is 0.368 e. The Balaban J connectivity index is 3.17. The molecular formula is C4H3ClIN3. The lowest BCUT2D eigenvalue weighted by Gasteiger charge is -1.92. The first-order valence-electron chi connectivity index (χ1n) is 2.13. The van der Waals surface area contributed by atoms with Crippen LogP contribution in [-0.2, 0) is 0 Å². The van der Waals surface area contributed by atoms with Crippen molar-refractivity contribution in [2.45, 2.75) is 0 Å². The van der Waals surface area contributed by atoms with Gasteiger partial charge in [-0.3, -0.25) is 0 Å². The van der Waals surface area contributed by atoms with E-state index in [9.17, 15) is 0 Å². The standard InChI is InChI=1S/C4H3ClIN3/c5-3-2(6)1-8-4(7)9-3/h1H,(H2,7,8,9). The predicted octanol–water partition coefficient (Wildman–Crippen LogP) is 1.32. The van der Waals surface area contributed by atoms with Crippen molar-refractivity contribution in [3.05, 3.63) is 14.9 Å². The number of nitrogens with zero attached hydrogens (tertiary/aromatic N) is 2. The van der Waals surface area contributed by atoms with Crippen molar-refractivity contribution in [2.75, 3.05) is 5.73 Å². The highest BCUT2D eigenvalue weighted by Crippen LogP contribution is 2.13. The molecule has 2 N–H and O–H groups in total. The molecule has 0 amide bonds. The Bertz CT molecular complexity index is 227. The summed E-state index contributed by atoms with van der Waals surface area (Å²) >= 11 is 7.60. The van der Waals surface area contributed by atoms with Gasteiger partial charge in [0.15, 0.2) is 0 Å². The second kappa shape index (κ2) is 2.66. The quantitative estimate of drug-likeness (QED) is 0.562. The number of nitrogens with two attached hydrogens (primary N) is 1. The van der Waals surface area contributed by atoms with Gasteiger partial charge in [-0.2, -0.15) is 0 Å². The number of aromatic nitrogens is 2. The molecule has 0 aliphatic carbocycles. The first-order chi connectivity index (χ1) is 4.20. The molecule has 0 saturated carbocycles. The van der Waals surface area contributed by atoms with E-state index in [2.05, 4.69) is 9.97 Å². The third-order valence-corrected chi connectivity index (χ3v) is 2.12. The Kier molecular flexibility index (Phi) is 2.07. The highest BCUT2D eigenvalue weighted by molar-refractivity contribution is 14.1. The van der Waals surface area contributed by atoms with Gasteiger partial charge in [0.1, 0.15) is 5.15 Å². The maximum absolute atomic E-state index is 5.58. The van der Waals surface area contributed by atoms with E-state index in [0.717, 1.165) is 3.57 Å². The first kappa shape index (κ1) is 7.01. The van der Waals surface area contributed by atoms with Gasteiger partial charge >= 0.3 is 0 Å². The molecule has 0 aliphatic rings. The minimum atomic E-state index is 0.209. The highest BCUT2D eigenvalue weighted by atomic mass is 127. The van der Waals surface area contributed by atoms with Crippen molar-refractivity contribution < 1.29 is 0 Å². The second-order valence-electron chi connectivity index (χ2n) is 1.37. The molecule has 1 aromatic rings. The molecule has 3 nitrogen and oxygen atoms in total. The van der Waals surface area contributed by atoms with Gasteiger partial charge in [-0.15, -0.1) is 0 Å². The summed E-state index contributed by atoms with van der Waals surface area (Å²) in [6, 6.07) is 0. The fourth-order valence-electron chi connectivity index (χ4n) is 0.359. The highest BCUT2D eigenvalue weighted by Gasteiger charge is 1.96. The molecule has 0 atom stereocenters. The zero-order valence-corrected chi connectivity index (χ0v) is 7.22. The van der Waals surface area contributed by atoms with Crippen LogP contribution in [0.5, 0.6) is 0 Å². The molecule has 5 heteroatoms. The topological polar surface area (TPSA) is 51.8 Å². The minimum Gasteiger partial charge on any atom is -0.368 e. The normalized spacial score (nSPS) is 9.56. The average Bonchev–Trinajstić information content (AvgIpc) is 1.80. The van der Waals surface area contributed by atoms with Crippen molar-refractivity contribution in [1.82, 2.24) is 9.97 Å². The van der Waals surface area contributed by atoms with Gasteiger partial charge in [-0.1, -0.05) is 11.6 Å². The maximum Gasteiger partial charge on any atom is 0.221 e. The van der Waals surface area contributed by atoms with Crippen molar-refractivity contribution in [2.24, 2.45) is 0 Å². The first-order valence-corrected chi connectivity index (χ1v) is 3.59. The molecule has 0 unspecified atom stereocenters. The van der Waals surface area contributed by atoms with Crippen molar-refractivity contribution in [3.63, 3.8) is 0 Å². The number of halogens is 2. The zero-order valence-electron chi connectivity index (χ0n) is 4.31. The molecule has 0 fully saturated rings. The summed E-state index contributed by atoms with van der Waals surface area (Å²) in [5, 5.41) is 0.406. The van der Waals surface area contributed by atoms with E-state index < -0.39 is 0 Å². The molecule has 0 spiro atoms. The summed E-state index contributed by atoms with van der Waals surface area (Å²) in [5.74, 6) is 0.209. The molecular weight excluding hydrogens is 252 g/mol. The van der Waals surface area contributed by atoms with Crippen molar-refractivity contribution >= 4 is 40.1 Å². The molecule has 0 radical (unpaired) electrons. The fraction of sp³-hybridized carbons (Fsp3) is 0. The lowest BCUT2D eigenvalue weighted by molar-refractivity contribution is 1.17. The summed E-state index contributed by atoms with van der Waals surface area (Å²) in [4.78, 5) is 7.41. The van der Waals surface area contributed by atoms with E-state index >= 15 is 0 Å². The van der Waals surface area contributed by atoms with Gasteiger partial charge < -0.3 is 5.73 Å². The van der Waals surface area contributed by atoms with Crippen LogP contribution in [0.1, 0.15) is 0 Å². The van der Waals surface area contributed by atoms with E-state index in [4.69, 9.17) is 17.3 Å². The van der Waals surface area contributed by atoms with E-state index in [1.54, 1.807) is 6.20 Å². The van der Waals surface area contributed by atoms with Crippen LogP contribution in [0.15, 0.2) is 6.20 Å². The number of anilines is 1. The monoisotopic (exact) mass is 255 g/mol. The van der Waals surface area contributed by atoms with Crippen LogP contribution in [0.2, 0.25) is 5.15 Å². The van der Waals surface area contributed by atoms with E-state index in [0.29, 0.717) is 5.15 Å². The number of nitrogen functional groups attached to an aromatic ring is 1. The molecule has 1 aromatic heterocycles. The van der Waals surface area contributed by atoms with Gasteiger partial charge in [0.25, 0.3) is 0 Å². The zero-order chi connectivity index (χ0) is 6.85. The molecule has 48 valence electrons. The van der Waals surface area contributed by atoms with E-state index in [-0.39, 0.29) is 5.95 Å². The van der Waals surface area contributed by atoms with Crippen LogP contribution in [0, 0.1) is 3.57 Å². The van der Waals surface area contributed by atoms with Crippen LogP contribution in [0.3, 0.4) is 0 Å². The summed E-state index contributed by atoms with van der Waals surface area (Å²) in [6.07, 6.45) is 1.57. The van der Waals surface area contributed by atoms with Crippen LogP contribution >= 0.6 is 34.2 Å². The van der Waals surface area contributed by atoms with Crippen LogP contribution in [-0.4, -0.2) is 9.97 Å². The third-order valence-electron chi connectivity index (χ3n) is 0.720. The lowest BCUT2D eigenvalue weighted by atomic mass is 10.7. The molecule has 1 rings (SSSR count). The predicted molar refractivity (Wildman–Crippen MR) is 44.2 cm³/mol. The molecule has 9 heavy (non-hydrogen) atoms. The summed E-state index contributed by atoms with van der Waals surface area (Å²) in [5.41, 5.74) is 5.22. The van der Waals surface area contributed by atoms with Crippen LogP contribution < -0.4 is 5.73 Å². The smallest absolute Gasteiger partial charge is 0.221 e. The molecule has 0 aliphatic heterocycles. The van der Waals surface area contributed by atoms with Crippen LogP contribution in [0.4, 0.5) is 5.95 Å². The van der Waals surface area contributed by atoms with Gasteiger partial charge in [-0.05, 0) is 22.6 Å². The fourth-order valence-corrected chi connectivity index (χ4v) is 0.754. The Labute approximate surface area is 70.8 Å². The van der Waals surface area contributed by atoms with Crippen molar-refractivity contribution in [1.29, 1.82) is 0 Å². The van der Waals surface area contributed by atoms with Gasteiger partial charge in [0.05, 0.1) is 3.57 Å². The molecule has 0 saturated heterocycles. The van der Waals surface area contributed by atoms with E-state index in [1.807, 2.05) is 22.6 Å². The Morgan fingerprint density at radius 3 is 2.78 bits per heavy atom. The third kappa shape index (κ3) is 1.65. The lowest BCUT2D eigenvalue weighted by Crippen LogP contribution is -1.94. The number of hydrogen-bond donors (Lipinski definition) is 1. The van der Waals surface area contributed by atoms with E-state index in [1.165, 1.54) is 0 Å². The number of rotatable bonds is 0. The summed E-state index contributed by atoms with van der Waals surface area (Å²) in [6.45, 7) is 0. The maximum atomic E-state index is 5.58. The Hall–Kier alpha value is -0.100. The molecule has 0 bridgehead atoms. The summed E-state index contributed by atoms with van der Waals surface area (Å²) < 4.78 is 0.809. The summed E-state index contributed by atoms with van der Waals surface area (Å²) in [7, 11) is 0. The van der Waals surface area contributed by atoms with Crippen molar-refractivity contribution in [3.8, 4) is 0 Å². The Morgan fingerprint density at radius 2 is 2.33 bits per heavy atom. The van der Waals surface area contributed by atoms with Gasteiger partial charge in [-0.25, -0.2) is 9.97 Å². The molecule has 0 aromatic carbocycles. The average molecular weight is 255 g/mol. The second-order valence-corrected chi connectivity index (χ2v) is 2.89. The van der Waals surface area contributed by atoms with Gasteiger partial charge in [0.2, 0.25) is 5.95 Å². The van der Waals surface area contributed by atoms with Gasteiger partial charge in [0, 0.05) is 6.20 Å². The molecule has 1 heterocycles.